The molecule has 0 amide bonds. The topological polar surface area (TPSA) is 34.6 Å². The third kappa shape index (κ3) is 4.43. The molecule has 4 nitrogen and oxygen atoms in total. The lowest BCUT2D eigenvalue weighted by atomic mass is 10.1. The van der Waals surface area contributed by atoms with E-state index in [-0.39, 0.29) is 11.9 Å². The van der Waals surface area contributed by atoms with Crippen LogP contribution in [-0.2, 0) is 4.74 Å². The average Bonchev–Trinajstić information content (AvgIpc) is 2.73. The highest BCUT2D eigenvalue weighted by Crippen LogP contribution is 2.30. The average molecular weight is 366 g/mol. The molecule has 1 aliphatic rings. The molecule has 0 saturated carbocycles. The van der Waals surface area contributed by atoms with E-state index in [0.717, 1.165) is 61.5 Å². The summed E-state index contributed by atoms with van der Waals surface area (Å²) in [4.78, 5) is 6.86. The Morgan fingerprint density at radius 2 is 1.81 bits per heavy atom. The number of ether oxygens (including phenoxy) is 2. The normalized spacial score (nSPS) is 16.3. The number of benzene rings is 2. The van der Waals surface area contributed by atoms with Crippen LogP contribution in [-0.4, -0.2) is 42.7 Å². The van der Waals surface area contributed by atoms with Crippen molar-refractivity contribution in [3.8, 4) is 5.75 Å². The molecule has 1 unspecified atom stereocenters. The van der Waals surface area contributed by atoms with Crippen LogP contribution < -0.4 is 4.74 Å². The summed E-state index contributed by atoms with van der Waals surface area (Å²) in [6, 6.07) is 16.5. The molecule has 0 radical (unpaired) electrons. The molecule has 1 atom stereocenters. The van der Waals surface area contributed by atoms with Crippen molar-refractivity contribution < 1.29 is 13.9 Å². The highest BCUT2D eigenvalue weighted by Gasteiger charge is 2.18. The van der Waals surface area contributed by atoms with Crippen LogP contribution in [0.15, 0.2) is 60.8 Å². The smallest absolute Gasteiger partial charge is 0.146 e. The largest absolute Gasteiger partial charge is 0.483 e. The number of morpholine rings is 1. The van der Waals surface area contributed by atoms with Crippen molar-refractivity contribution in [3.05, 3.63) is 72.2 Å². The third-order valence-corrected chi connectivity index (χ3v) is 4.92. The number of hydrogen-bond donors (Lipinski definition) is 0. The van der Waals surface area contributed by atoms with Crippen molar-refractivity contribution in [1.82, 2.24) is 9.88 Å². The van der Waals surface area contributed by atoms with Crippen molar-refractivity contribution in [2.24, 2.45) is 0 Å². The van der Waals surface area contributed by atoms with E-state index in [1.54, 1.807) is 18.3 Å². The summed E-state index contributed by atoms with van der Waals surface area (Å²) in [5.74, 6) is 0.516. The van der Waals surface area contributed by atoms with E-state index in [4.69, 9.17) is 9.47 Å². The van der Waals surface area contributed by atoms with Gasteiger partial charge in [-0.3, -0.25) is 9.88 Å². The van der Waals surface area contributed by atoms with E-state index >= 15 is 0 Å². The second-order valence-corrected chi connectivity index (χ2v) is 6.73. The molecule has 27 heavy (non-hydrogen) atoms. The minimum absolute atomic E-state index is 0.166. The Labute approximate surface area is 158 Å². The second-order valence-electron chi connectivity index (χ2n) is 6.73. The monoisotopic (exact) mass is 366 g/mol. The SMILES string of the molecule is Fc1ccc(C(CCN2CCOCC2)Oc2cccc3cccnc23)cc1. The van der Waals surface area contributed by atoms with Gasteiger partial charge in [0.25, 0.3) is 0 Å². The van der Waals surface area contributed by atoms with Gasteiger partial charge in [-0.2, -0.15) is 0 Å². The molecule has 3 aromatic rings. The van der Waals surface area contributed by atoms with Crippen molar-refractivity contribution in [1.29, 1.82) is 0 Å². The number of rotatable bonds is 6. The third-order valence-electron chi connectivity index (χ3n) is 4.92. The number of fused-ring (bicyclic) bond motifs is 1. The molecule has 1 aromatic heterocycles. The molecule has 0 N–H and O–H groups in total. The lowest BCUT2D eigenvalue weighted by Crippen LogP contribution is -2.37. The minimum Gasteiger partial charge on any atom is -0.483 e. The Hall–Kier alpha value is -2.50. The quantitative estimate of drug-likeness (QED) is 0.654. The van der Waals surface area contributed by atoms with Crippen molar-refractivity contribution in [3.63, 3.8) is 0 Å². The highest BCUT2D eigenvalue weighted by molar-refractivity contribution is 5.84. The molecule has 1 saturated heterocycles. The first-order valence-electron chi connectivity index (χ1n) is 9.35. The van der Waals surface area contributed by atoms with Crippen LogP contribution in [0.2, 0.25) is 0 Å². The standard InChI is InChI=1S/C22H23FN2O2/c23-19-8-6-17(7-9-19)20(10-12-25-13-15-26-16-14-25)27-21-5-1-3-18-4-2-11-24-22(18)21/h1-9,11,20H,10,12-16H2. The summed E-state index contributed by atoms with van der Waals surface area (Å²) in [6.45, 7) is 4.33. The molecular formula is C22H23FN2O2. The predicted octanol–water partition coefficient (Wildman–Crippen LogP) is 4.22. The van der Waals surface area contributed by atoms with Gasteiger partial charge in [0.15, 0.2) is 0 Å². The number of aromatic nitrogens is 1. The lowest BCUT2D eigenvalue weighted by Gasteiger charge is -2.29. The molecule has 140 valence electrons. The summed E-state index contributed by atoms with van der Waals surface area (Å²) < 4.78 is 25.2. The van der Waals surface area contributed by atoms with E-state index in [9.17, 15) is 4.39 Å². The number of halogens is 1. The Bertz CT molecular complexity index is 874. The van der Waals surface area contributed by atoms with Gasteiger partial charge in [-0.25, -0.2) is 4.39 Å². The van der Waals surface area contributed by atoms with Gasteiger partial charge in [0.05, 0.1) is 13.2 Å². The van der Waals surface area contributed by atoms with Crippen molar-refractivity contribution in [2.75, 3.05) is 32.8 Å². The van der Waals surface area contributed by atoms with Gasteiger partial charge in [-0.1, -0.05) is 30.3 Å². The summed E-state index contributed by atoms with van der Waals surface area (Å²) in [7, 11) is 0. The van der Waals surface area contributed by atoms with E-state index in [1.165, 1.54) is 12.1 Å². The zero-order valence-corrected chi connectivity index (χ0v) is 15.2. The van der Waals surface area contributed by atoms with Crippen LogP contribution in [0.1, 0.15) is 18.1 Å². The summed E-state index contributed by atoms with van der Waals surface area (Å²) in [5, 5.41) is 1.04. The molecule has 5 heteroatoms. The fourth-order valence-electron chi connectivity index (χ4n) is 3.42. The van der Waals surface area contributed by atoms with Gasteiger partial charge >= 0.3 is 0 Å². The molecular weight excluding hydrogens is 343 g/mol. The van der Waals surface area contributed by atoms with Gasteiger partial charge in [-0.15, -0.1) is 0 Å². The lowest BCUT2D eigenvalue weighted by molar-refractivity contribution is 0.0318. The minimum atomic E-state index is -0.238. The van der Waals surface area contributed by atoms with Gasteiger partial charge in [0, 0.05) is 37.6 Å². The maximum atomic E-state index is 13.4. The van der Waals surface area contributed by atoms with Gasteiger partial charge in [0.2, 0.25) is 0 Å². The Kier molecular flexibility index (Phi) is 5.61. The molecule has 1 fully saturated rings. The van der Waals surface area contributed by atoms with Gasteiger partial charge in [0.1, 0.15) is 23.2 Å². The molecule has 0 bridgehead atoms. The second kappa shape index (κ2) is 8.46. The summed E-state index contributed by atoms with van der Waals surface area (Å²) >= 11 is 0. The first-order chi connectivity index (χ1) is 13.3. The predicted molar refractivity (Wildman–Crippen MR) is 103 cm³/mol. The van der Waals surface area contributed by atoms with E-state index < -0.39 is 0 Å². The molecule has 1 aliphatic heterocycles. The van der Waals surface area contributed by atoms with Crippen LogP contribution in [0, 0.1) is 5.82 Å². The molecule has 0 aliphatic carbocycles. The first kappa shape index (κ1) is 17.9. The van der Waals surface area contributed by atoms with Gasteiger partial charge < -0.3 is 9.47 Å². The van der Waals surface area contributed by atoms with Gasteiger partial charge in [-0.05, 0) is 29.8 Å². The fourth-order valence-corrected chi connectivity index (χ4v) is 3.42. The summed E-state index contributed by atoms with van der Waals surface area (Å²) in [5.41, 5.74) is 1.82. The van der Waals surface area contributed by atoms with Crippen LogP contribution >= 0.6 is 0 Å². The maximum Gasteiger partial charge on any atom is 0.146 e. The Balaban J connectivity index is 1.57. The number of nitrogens with zero attached hydrogens (tertiary/aromatic N) is 2. The maximum absolute atomic E-state index is 13.4. The van der Waals surface area contributed by atoms with Crippen LogP contribution in [0.5, 0.6) is 5.75 Å². The molecule has 2 heterocycles. The first-order valence-corrected chi connectivity index (χ1v) is 9.35. The van der Waals surface area contributed by atoms with E-state index in [2.05, 4.69) is 9.88 Å². The molecule has 2 aromatic carbocycles. The van der Waals surface area contributed by atoms with Crippen LogP contribution in [0.3, 0.4) is 0 Å². The fraction of sp³-hybridized carbons (Fsp3) is 0.318. The zero-order valence-electron chi connectivity index (χ0n) is 15.2. The molecule has 4 rings (SSSR count). The summed E-state index contributed by atoms with van der Waals surface area (Å²) in [6.07, 6.45) is 2.42. The molecule has 0 spiro atoms. The highest BCUT2D eigenvalue weighted by atomic mass is 19.1. The Morgan fingerprint density at radius 3 is 2.63 bits per heavy atom. The van der Waals surface area contributed by atoms with Crippen molar-refractivity contribution >= 4 is 10.9 Å². The van der Waals surface area contributed by atoms with E-state index in [1.807, 2.05) is 30.3 Å². The number of pyridine rings is 1. The number of para-hydroxylation sites is 1. The van der Waals surface area contributed by atoms with Crippen LogP contribution in [0.4, 0.5) is 4.39 Å². The Morgan fingerprint density at radius 1 is 1.04 bits per heavy atom. The number of hydrogen-bond acceptors (Lipinski definition) is 4. The van der Waals surface area contributed by atoms with Crippen LogP contribution in [0.25, 0.3) is 10.9 Å². The zero-order chi connectivity index (χ0) is 18.5. The van der Waals surface area contributed by atoms with Crippen molar-refractivity contribution in [2.45, 2.75) is 12.5 Å². The van der Waals surface area contributed by atoms with E-state index in [0.29, 0.717) is 0 Å².